The van der Waals surface area contributed by atoms with Gasteiger partial charge >= 0.3 is 11.9 Å². The van der Waals surface area contributed by atoms with E-state index in [1.807, 2.05) is 6.92 Å². The van der Waals surface area contributed by atoms with Gasteiger partial charge in [-0.15, -0.1) is 0 Å². The number of azo groups is 1. The van der Waals surface area contributed by atoms with Crippen LogP contribution in [0.2, 0.25) is 0 Å². The molecule has 1 aliphatic rings. The fourth-order valence-electron chi connectivity index (χ4n) is 0.811. The van der Waals surface area contributed by atoms with E-state index < -0.39 is 22.9 Å². The molecule has 0 bridgehead atoms. The molecule has 1 rings (SSSR count). The van der Waals surface area contributed by atoms with Crippen LogP contribution in [0.5, 0.6) is 0 Å². The Morgan fingerprint density at radius 3 is 2.31 bits per heavy atom. The molecule has 1 unspecified atom stereocenters. The van der Waals surface area contributed by atoms with E-state index in [0.717, 1.165) is 0 Å². The zero-order chi connectivity index (χ0) is 12.4. The molecule has 0 spiro atoms. The van der Waals surface area contributed by atoms with E-state index in [0.29, 0.717) is 6.42 Å². The number of hydrogen-bond donors (Lipinski definition) is 0. The van der Waals surface area contributed by atoms with Crippen molar-refractivity contribution in [1.82, 2.24) is 0 Å². The van der Waals surface area contributed by atoms with Gasteiger partial charge in [0.15, 0.2) is 0 Å². The van der Waals surface area contributed by atoms with Crippen LogP contribution in [0.1, 0.15) is 34.1 Å². The Bertz CT molecular complexity index is 338. The molecule has 90 valence electrons. The van der Waals surface area contributed by atoms with Gasteiger partial charge in [-0.05, 0) is 27.2 Å². The third kappa shape index (κ3) is 2.37. The topological polar surface area (TPSA) is 77.3 Å². The zero-order valence-electron chi connectivity index (χ0n) is 9.94. The highest BCUT2D eigenvalue weighted by molar-refractivity contribution is 5.82. The summed E-state index contributed by atoms with van der Waals surface area (Å²) in [6.07, 6.45) is 0.598. The molecule has 0 radical (unpaired) electrons. The van der Waals surface area contributed by atoms with E-state index in [2.05, 4.69) is 20.0 Å². The second kappa shape index (κ2) is 4.19. The predicted molar refractivity (Wildman–Crippen MR) is 54.4 cm³/mol. The first-order chi connectivity index (χ1) is 7.32. The van der Waals surface area contributed by atoms with Crippen LogP contribution in [0, 0.1) is 5.41 Å². The Hall–Kier alpha value is -1.46. The van der Waals surface area contributed by atoms with Gasteiger partial charge in [0, 0.05) is 0 Å². The van der Waals surface area contributed by atoms with Gasteiger partial charge in [0.1, 0.15) is 0 Å². The number of carbonyl (C=O) groups is 2. The van der Waals surface area contributed by atoms with Crippen molar-refractivity contribution in [2.45, 2.75) is 39.7 Å². The molecule has 0 aromatic rings. The number of hydrogen-bond acceptors (Lipinski definition) is 6. The molecule has 6 nitrogen and oxygen atoms in total. The van der Waals surface area contributed by atoms with E-state index in [-0.39, 0.29) is 6.54 Å². The maximum absolute atomic E-state index is 11.5. The van der Waals surface area contributed by atoms with Crippen LogP contribution in [0.3, 0.4) is 0 Å². The Balaban J connectivity index is 2.44. The van der Waals surface area contributed by atoms with Crippen molar-refractivity contribution in [3.8, 4) is 0 Å². The number of carbonyl (C=O) groups excluding carboxylic acids is 2. The van der Waals surface area contributed by atoms with Crippen molar-refractivity contribution in [2.24, 2.45) is 15.6 Å². The summed E-state index contributed by atoms with van der Waals surface area (Å²) < 4.78 is 0. The van der Waals surface area contributed by atoms with Gasteiger partial charge in [-0.3, -0.25) is 0 Å². The Kier molecular flexibility index (Phi) is 3.30. The van der Waals surface area contributed by atoms with E-state index >= 15 is 0 Å². The normalized spacial score (nSPS) is 23.5. The van der Waals surface area contributed by atoms with Crippen LogP contribution < -0.4 is 0 Å². The van der Waals surface area contributed by atoms with Gasteiger partial charge in [0.2, 0.25) is 5.54 Å². The average Bonchev–Trinajstić information content (AvgIpc) is 2.21. The number of rotatable bonds is 3. The zero-order valence-corrected chi connectivity index (χ0v) is 9.94. The van der Waals surface area contributed by atoms with E-state index in [9.17, 15) is 9.59 Å². The minimum atomic E-state index is -0.989. The van der Waals surface area contributed by atoms with Gasteiger partial charge in [0.05, 0.1) is 12.0 Å². The first-order valence-corrected chi connectivity index (χ1v) is 5.14. The smallest absolute Gasteiger partial charge is 0.247 e. The Labute approximate surface area is 93.9 Å². The van der Waals surface area contributed by atoms with Gasteiger partial charge in [0.25, 0.3) is 0 Å². The second-order valence-corrected chi connectivity index (χ2v) is 4.65. The molecule has 0 aliphatic carbocycles. The molecule has 6 heteroatoms. The lowest BCUT2D eigenvalue weighted by atomic mass is 9.91. The fourth-order valence-corrected chi connectivity index (χ4v) is 0.811. The molecular weight excluding hydrogens is 212 g/mol. The molecule has 0 amide bonds. The SMILES string of the molecule is CCC(C)(C)C(=O)OOC(=O)C1(C)CN=N1. The van der Waals surface area contributed by atoms with Crippen LogP contribution in [0.15, 0.2) is 10.2 Å². The summed E-state index contributed by atoms with van der Waals surface area (Å²) in [7, 11) is 0. The highest BCUT2D eigenvalue weighted by Gasteiger charge is 2.42. The summed E-state index contributed by atoms with van der Waals surface area (Å²) >= 11 is 0. The first-order valence-electron chi connectivity index (χ1n) is 5.14. The van der Waals surface area contributed by atoms with Crippen molar-refractivity contribution in [2.75, 3.05) is 6.54 Å². The maximum atomic E-state index is 11.5. The molecule has 1 aliphatic heterocycles. The Morgan fingerprint density at radius 1 is 1.38 bits per heavy atom. The predicted octanol–water partition coefficient (Wildman–Crippen LogP) is 1.65. The van der Waals surface area contributed by atoms with Crippen LogP contribution in [0.25, 0.3) is 0 Å². The molecule has 0 saturated carbocycles. The van der Waals surface area contributed by atoms with Crippen molar-refractivity contribution in [1.29, 1.82) is 0 Å². The minimum absolute atomic E-state index is 0.264. The lowest BCUT2D eigenvalue weighted by Crippen LogP contribution is -2.43. The highest BCUT2D eigenvalue weighted by atomic mass is 17.2. The molecule has 1 heterocycles. The molecule has 1 atom stereocenters. The fraction of sp³-hybridized carbons (Fsp3) is 0.800. The quantitative estimate of drug-likeness (QED) is 0.543. The lowest BCUT2D eigenvalue weighted by Gasteiger charge is -2.25. The summed E-state index contributed by atoms with van der Waals surface area (Å²) in [6, 6.07) is 0. The van der Waals surface area contributed by atoms with Crippen molar-refractivity contribution < 1.29 is 19.4 Å². The average molecular weight is 228 g/mol. The van der Waals surface area contributed by atoms with Gasteiger partial charge in [-0.25, -0.2) is 19.4 Å². The third-order valence-electron chi connectivity index (χ3n) is 2.74. The summed E-state index contributed by atoms with van der Waals surface area (Å²) in [4.78, 5) is 31.8. The highest BCUT2D eigenvalue weighted by Crippen LogP contribution is 2.24. The second-order valence-electron chi connectivity index (χ2n) is 4.65. The largest absolute Gasteiger partial charge is 0.386 e. The van der Waals surface area contributed by atoms with Crippen molar-refractivity contribution in [3.05, 3.63) is 0 Å². The van der Waals surface area contributed by atoms with Crippen LogP contribution in [0.4, 0.5) is 0 Å². The van der Waals surface area contributed by atoms with Gasteiger partial charge in [-0.1, -0.05) is 6.92 Å². The lowest BCUT2D eigenvalue weighted by molar-refractivity contribution is -0.269. The third-order valence-corrected chi connectivity index (χ3v) is 2.74. The van der Waals surface area contributed by atoms with Crippen molar-refractivity contribution in [3.63, 3.8) is 0 Å². The maximum Gasteiger partial charge on any atom is 0.386 e. The molecular formula is C10H16N2O4. The van der Waals surface area contributed by atoms with E-state index in [4.69, 9.17) is 0 Å². The van der Waals surface area contributed by atoms with Gasteiger partial charge < -0.3 is 0 Å². The van der Waals surface area contributed by atoms with Crippen LogP contribution in [-0.4, -0.2) is 24.0 Å². The number of nitrogens with zero attached hydrogens (tertiary/aromatic N) is 2. The van der Waals surface area contributed by atoms with Crippen LogP contribution >= 0.6 is 0 Å². The molecule has 0 aromatic carbocycles. The molecule has 0 fully saturated rings. The summed E-state index contributed by atoms with van der Waals surface area (Å²) in [5.74, 6) is -1.26. The minimum Gasteiger partial charge on any atom is -0.247 e. The molecule has 0 saturated heterocycles. The van der Waals surface area contributed by atoms with Gasteiger partial charge in [-0.2, -0.15) is 10.2 Å². The summed E-state index contributed by atoms with van der Waals surface area (Å²) in [5, 5.41) is 7.19. The van der Waals surface area contributed by atoms with Crippen molar-refractivity contribution >= 4 is 11.9 Å². The first kappa shape index (κ1) is 12.6. The molecule has 16 heavy (non-hydrogen) atoms. The van der Waals surface area contributed by atoms with Crippen LogP contribution in [-0.2, 0) is 19.4 Å². The van der Waals surface area contributed by atoms with E-state index in [1.54, 1.807) is 20.8 Å². The molecule has 0 aromatic heterocycles. The summed E-state index contributed by atoms with van der Waals surface area (Å²) in [6.45, 7) is 7.12. The standard InChI is InChI=1S/C10H16N2O4/c1-5-9(2,3)7(13)15-16-8(14)10(4)6-11-12-10/h5-6H2,1-4H3. The molecule has 0 N–H and O–H groups in total. The van der Waals surface area contributed by atoms with E-state index in [1.165, 1.54) is 0 Å². The summed E-state index contributed by atoms with van der Waals surface area (Å²) in [5.41, 5.74) is -1.65. The monoisotopic (exact) mass is 228 g/mol. The Morgan fingerprint density at radius 2 is 1.94 bits per heavy atom.